The summed E-state index contributed by atoms with van der Waals surface area (Å²) in [6, 6.07) is 8.32. The Labute approximate surface area is 175 Å². The van der Waals surface area contributed by atoms with Crippen LogP contribution in [0.15, 0.2) is 33.7 Å². The molecule has 0 aliphatic carbocycles. The number of hydrogen-bond acceptors (Lipinski definition) is 7. The number of nitrogens with zero attached hydrogens (tertiary/aromatic N) is 4. The highest BCUT2D eigenvalue weighted by molar-refractivity contribution is 7.98. The number of rotatable bonds is 5. The molecule has 2 aliphatic heterocycles. The molecule has 9 heteroatoms. The predicted molar refractivity (Wildman–Crippen MR) is 111 cm³/mol. The van der Waals surface area contributed by atoms with Crippen molar-refractivity contribution in [2.75, 3.05) is 39.3 Å². The third-order valence-electron chi connectivity index (χ3n) is 5.15. The summed E-state index contributed by atoms with van der Waals surface area (Å²) in [6.07, 6.45) is 1.07. The summed E-state index contributed by atoms with van der Waals surface area (Å²) in [5, 5.41) is 7.18. The average Bonchev–Trinajstić information content (AvgIpc) is 3.36. The molecule has 2 saturated heterocycles. The number of piperazine rings is 1. The molecule has 152 valence electrons. The van der Waals surface area contributed by atoms with Crippen molar-refractivity contribution in [2.24, 2.45) is 0 Å². The van der Waals surface area contributed by atoms with Gasteiger partial charge in [-0.05, 0) is 37.6 Å². The molecule has 0 radical (unpaired) electrons. The van der Waals surface area contributed by atoms with E-state index >= 15 is 0 Å². The van der Waals surface area contributed by atoms with Crippen molar-refractivity contribution in [2.45, 2.75) is 30.0 Å². The van der Waals surface area contributed by atoms with E-state index in [1.54, 1.807) is 11.8 Å². The first-order valence-electron chi connectivity index (χ1n) is 9.45. The molecule has 1 amide bonds. The molecular formula is C19H26ClN5O2S. The summed E-state index contributed by atoms with van der Waals surface area (Å²) in [7, 11) is 0. The molecule has 4 rings (SSSR count). The average molecular weight is 424 g/mol. The van der Waals surface area contributed by atoms with E-state index in [-0.39, 0.29) is 18.3 Å². The Balaban J connectivity index is 0.00000225. The van der Waals surface area contributed by atoms with Crippen LogP contribution in [0.3, 0.4) is 0 Å². The number of nitrogens with one attached hydrogen (secondary N) is 1. The van der Waals surface area contributed by atoms with Gasteiger partial charge in [-0.2, -0.15) is 4.98 Å². The molecule has 3 heterocycles. The van der Waals surface area contributed by atoms with Gasteiger partial charge < -0.3 is 14.7 Å². The van der Waals surface area contributed by atoms with Crippen LogP contribution in [0.5, 0.6) is 0 Å². The minimum absolute atomic E-state index is 0. The molecule has 28 heavy (non-hydrogen) atoms. The number of benzene rings is 1. The maximum Gasteiger partial charge on any atom is 0.253 e. The fourth-order valence-corrected chi connectivity index (χ4v) is 4.43. The van der Waals surface area contributed by atoms with Crippen LogP contribution < -0.4 is 5.32 Å². The van der Waals surface area contributed by atoms with Crippen LogP contribution >= 0.6 is 24.2 Å². The lowest BCUT2D eigenvalue weighted by molar-refractivity contribution is 0.0773. The molecule has 1 aromatic carbocycles. The Kier molecular flexibility index (Phi) is 7.34. The Morgan fingerprint density at radius 2 is 2.00 bits per heavy atom. The molecule has 0 saturated carbocycles. The van der Waals surface area contributed by atoms with Gasteiger partial charge in [0.1, 0.15) is 0 Å². The molecule has 1 N–H and O–H groups in total. The molecular weight excluding hydrogens is 398 g/mol. The van der Waals surface area contributed by atoms with Crippen LogP contribution in [0.4, 0.5) is 0 Å². The van der Waals surface area contributed by atoms with Gasteiger partial charge in [0.15, 0.2) is 5.82 Å². The molecule has 1 unspecified atom stereocenters. The van der Waals surface area contributed by atoms with E-state index in [2.05, 4.69) is 20.4 Å². The smallest absolute Gasteiger partial charge is 0.253 e. The standard InChI is InChI=1S/C19H25N5O2S.ClH/c1-14-21-18(26-22-14)13-27-17-4-2-15(3-5-17)19(25)24-9-6-16(12-24)23-10-7-20-8-11-23;/h2-5,16,20H,6-13H2,1H3;1H. The number of halogens is 1. The Hall–Kier alpha value is -1.61. The van der Waals surface area contributed by atoms with Crippen molar-refractivity contribution in [3.8, 4) is 0 Å². The predicted octanol–water partition coefficient (Wildman–Crippen LogP) is 2.21. The molecule has 2 aromatic rings. The van der Waals surface area contributed by atoms with Crippen LogP contribution in [-0.2, 0) is 5.75 Å². The van der Waals surface area contributed by atoms with E-state index in [1.807, 2.05) is 36.1 Å². The van der Waals surface area contributed by atoms with Crippen molar-refractivity contribution in [3.63, 3.8) is 0 Å². The number of hydrogen-bond donors (Lipinski definition) is 1. The minimum Gasteiger partial charge on any atom is -0.338 e. The zero-order chi connectivity index (χ0) is 18.6. The fourth-order valence-electron chi connectivity index (χ4n) is 3.69. The van der Waals surface area contributed by atoms with E-state index in [4.69, 9.17) is 4.52 Å². The largest absolute Gasteiger partial charge is 0.338 e. The first-order chi connectivity index (χ1) is 13.2. The van der Waals surface area contributed by atoms with Crippen LogP contribution in [0.1, 0.15) is 28.5 Å². The van der Waals surface area contributed by atoms with Gasteiger partial charge in [-0.25, -0.2) is 0 Å². The molecule has 1 aromatic heterocycles. The third-order valence-corrected chi connectivity index (χ3v) is 6.15. The van der Waals surface area contributed by atoms with Crippen molar-refractivity contribution in [1.82, 2.24) is 25.3 Å². The highest BCUT2D eigenvalue weighted by Crippen LogP contribution is 2.24. The van der Waals surface area contributed by atoms with Gasteiger partial charge in [-0.3, -0.25) is 9.69 Å². The lowest BCUT2D eigenvalue weighted by Gasteiger charge is -2.32. The van der Waals surface area contributed by atoms with Crippen molar-refractivity contribution < 1.29 is 9.32 Å². The highest BCUT2D eigenvalue weighted by Gasteiger charge is 2.31. The van der Waals surface area contributed by atoms with E-state index in [0.717, 1.165) is 56.1 Å². The lowest BCUT2D eigenvalue weighted by Crippen LogP contribution is -2.49. The van der Waals surface area contributed by atoms with Gasteiger partial charge in [-0.15, -0.1) is 24.2 Å². The maximum absolute atomic E-state index is 12.8. The van der Waals surface area contributed by atoms with Gasteiger partial charge in [0, 0.05) is 55.8 Å². The number of amides is 1. The van der Waals surface area contributed by atoms with Gasteiger partial charge in [0.2, 0.25) is 5.89 Å². The topological polar surface area (TPSA) is 74.5 Å². The van der Waals surface area contributed by atoms with E-state index < -0.39 is 0 Å². The highest BCUT2D eigenvalue weighted by atomic mass is 35.5. The molecule has 2 fully saturated rings. The second kappa shape index (κ2) is 9.73. The zero-order valence-electron chi connectivity index (χ0n) is 16.0. The second-order valence-corrected chi connectivity index (χ2v) is 8.08. The molecule has 7 nitrogen and oxygen atoms in total. The molecule has 0 spiro atoms. The number of likely N-dealkylation sites (tertiary alicyclic amines) is 1. The first kappa shape index (κ1) is 21.1. The lowest BCUT2D eigenvalue weighted by atomic mass is 10.2. The van der Waals surface area contributed by atoms with E-state index in [9.17, 15) is 4.79 Å². The van der Waals surface area contributed by atoms with Crippen LogP contribution in [-0.4, -0.2) is 71.2 Å². The van der Waals surface area contributed by atoms with Crippen molar-refractivity contribution >= 4 is 30.1 Å². The first-order valence-corrected chi connectivity index (χ1v) is 10.4. The normalized spacial score (nSPS) is 20.2. The van der Waals surface area contributed by atoms with Crippen molar-refractivity contribution in [3.05, 3.63) is 41.5 Å². The Morgan fingerprint density at radius 3 is 2.68 bits per heavy atom. The summed E-state index contributed by atoms with van der Waals surface area (Å²) >= 11 is 1.62. The van der Waals surface area contributed by atoms with Gasteiger partial charge >= 0.3 is 0 Å². The summed E-state index contributed by atoms with van der Waals surface area (Å²) in [6.45, 7) is 7.76. The van der Waals surface area contributed by atoms with Gasteiger partial charge in [0.25, 0.3) is 5.91 Å². The summed E-state index contributed by atoms with van der Waals surface area (Å²) in [5.41, 5.74) is 0.758. The quantitative estimate of drug-likeness (QED) is 0.739. The molecule has 0 bridgehead atoms. The number of carbonyl (C=O) groups excluding carboxylic acids is 1. The fraction of sp³-hybridized carbons (Fsp3) is 0.526. The van der Waals surface area contributed by atoms with E-state index in [1.165, 1.54) is 0 Å². The number of carbonyl (C=O) groups is 1. The Morgan fingerprint density at radius 1 is 1.25 bits per heavy atom. The van der Waals surface area contributed by atoms with E-state index in [0.29, 0.717) is 23.5 Å². The summed E-state index contributed by atoms with van der Waals surface area (Å²) in [5.74, 6) is 2.04. The minimum atomic E-state index is 0. The maximum atomic E-state index is 12.8. The number of aryl methyl sites for hydroxylation is 1. The zero-order valence-corrected chi connectivity index (χ0v) is 17.6. The summed E-state index contributed by atoms with van der Waals surface area (Å²) < 4.78 is 5.12. The second-order valence-electron chi connectivity index (χ2n) is 7.03. The van der Waals surface area contributed by atoms with Crippen LogP contribution in [0.25, 0.3) is 0 Å². The molecule has 2 aliphatic rings. The van der Waals surface area contributed by atoms with Crippen molar-refractivity contribution in [1.29, 1.82) is 0 Å². The van der Waals surface area contributed by atoms with Gasteiger partial charge in [-0.1, -0.05) is 5.16 Å². The number of thioether (sulfide) groups is 1. The van der Waals surface area contributed by atoms with Gasteiger partial charge in [0.05, 0.1) is 5.75 Å². The molecule has 1 atom stereocenters. The number of aromatic nitrogens is 2. The third kappa shape index (κ3) is 5.05. The SMILES string of the molecule is Cc1noc(CSc2ccc(C(=O)N3CCC(N4CCNCC4)C3)cc2)n1.Cl. The summed E-state index contributed by atoms with van der Waals surface area (Å²) in [4.78, 5) is 22.6. The Bertz CT molecular complexity index is 779. The van der Waals surface area contributed by atoms with Crippen LogP contribution in [0, 0.1) is 6.92 Å². The van der Waals surface area contributed by atoms with Crippen LogP contribution in [0.2, 0.25) is 0 Å². The monoisotopic (exact) mass is 423 g/mol.